The molecule has 2 N–H and O–H groups in total. The molecule has 0 aliphatic carbocycles. The van der Waals surface area contributed by atoms with E-state index in [1.165, 1.54) is 0 Å². The molecule has 0 saturated heterocycles. The average molecular weight is 402 g/mol. The van der Waals surface area contributed by atoms with E-state index in [-0.39, 0.29) is 11.0 Å². The summed E-state index contributed by atoms with van der Waals surface area (Å²) in [5.74, 6) is -2.47. The Balaban J connectivity index is 2.76. The molecule has 0 aliphatic heterocycles. The van der Waals surface area contributed by atoms with Crippen LogP contribution in [-0.4, -0.2) is 56.0 Å². The average Bonchev–Trinajstić information content (AvgIpc) is 2.86. The molecule has 0 fully saturated rings. The predicted octanol–water partition coefficient (Wildman–Crippen LogP) is 2.03. The Labute approximate surface area is 159 Å². The number of ether oxygens (including phenoxy) is 2. The number of aromatic nitrogens is 2. The van der Waals surface area contributed by atoms with Gasteiger partial charge in [-0.1, -0.05) is 5.16 Å². The maximum atomic E-state index is 11.7. The van der Waals surface area contributed by atoms with Crippen molar-refractivity contribution in [2.75, 3.05) is 11.9 Å². The zero-order valence-electron chi connectivity index (χ0n) is 15.9. The Morgan fingerprint density at radius 2 is 1.70 bits per heavy atom. The lowest BCUT2D eigenvalue weighted by Crippen LogP contribution is -2.27. The number of oxime groups is 1. The Kier molecular flexibility index (Phi) is 7.22. The van der Waals surface area contributed by atoms with Crippen molar-refractivity contribution in [3.05, 3.63) is 5.82 Å². The van der Waals surface area contributed by atoms with Gasteiger partial charge in [0.1, 0.15) is 11.2 Å². The Morgan fingerprint density at radius 3 is 2.22 bits per heavy atom. The molecule has 27 heavy (non-hydrogen) atoms. The molecule has 0 atom stereocenters. The number of carbonyl (C=O) groups is 3. The highest BCUT2D eigenvalue weighted by Gasteiger charge is 2.23. The topological polar surface area (TPSA) is 149 Å². The molecule has 0 saturated carbocycles. The van der Waals surface area contributed by atoms with Gasteiger partial charge in [-0.3, -0.25) is 5.32 Å². The second-order valence-corrected chi connectivity index (χ2v) is 7.91. The molecule has 0 spiro atoms. The molecule has 1 aromatic rings. The van der Waals surface area contributed by atoms with Gasteiger partial charge in [0.15, 0.2) is 0 Å². The standard InChI is InChI=1S/C15H22N4O7S/c1-14(2,3)25-8(20)7-24-18-9(11(21)22)10-16-12(27-19-10)17-13(23)26-15(4,5)6/h7H2,1-6H3,(H,21,22)(H,16,17,19,23)/b18-9+. The van der Waals surface area contributed by atoms with Crippen molar-refractivity contribution >= 4 is 40.4 Å². The van der Waals surface area contributed by atoms with Crippen LogP contribution in [0.2, 0.25) is 0 Å². The van der Waals surface area contributed by atoms with Gasteiger partial charge < -0.3 is 19.4 Å². The fraction of sp³-hybridized carbons (Fsp3) is 0.600. The van der Waals surface area contributed by atoms with E-state index in [1.807, 2.05) is 0 Å². The summed E-state index contributed by atoms with van der Waals surface area (Å²) in [5.41, 5.74) is -2.05. The van der Waals surface area contributed by atoms with E-state index in [4.69, 9.17) is 14.3 Å². The normalized spacial score (nSPS) is 12.3. The third-order valence-corrected chi connectivity index (χ3v) is 2.84. The number of aliphatic carboxylic acids is 1. The maximum absolute atomic E-state index is 11.7. The van der Waals surface area contributed by atoms with E-state index in [1.54, 1.807) is 41.5 Å². The smallest absolute Gasteiger partial charge is 0.414 e. The number of esters is 1. The minimum Gasteiger partial charge on any atom is -0.476 e. The van der Waals surface area contributed by atoms with E-state index in [9.17, 15) is 19.5 Å². The fourth-order valence-electron chi connectivity index (χ4n) is 1.46. The molecule has 0 aliphatic rings. The summed E-state index contributed by atoms with van der Waals surface area (Å²) in [6.45, 7) is 9.51. The van der Waals surface area contributed by atoms with Gasteiger partial charge >= 0.3 is 18.0 Å². The summed E-state index contributed by atoms with van der Waals surface area (Å²) >= 11 is 0.733. The number of carboxylic acids is 1. The zero-order chi connectivity index (χ0) is 20.8. The van der Waals surface area contributed by atoms with Gasteiger partial charge in [-0.05, 0) is 41.5 Å². The van der Waals surface area contributed by atoms with Crippen LogP contribution in [0.15, 0.2) is 5.16 Å². The molecule has 1 heterocycles. The summed E-state index contributed by atoms with van der Waals surface area (Å²) < 4.78 is 13.9. The number of carbonyl (C=O) groups excluding carboxylic acids is 2. The molecular formula is C15H22N4O7S. The van der Waals surface area contributed by atoms with Gasteiger partial charge in [-0.25, -0.2) is 14.4 Å². The number of carboxylic acid groups (broad SMARTS) is 1. The fourth-order valence-corrected chi connectivity index (χ4v) is 2.01. The van der Waals surface area contributed by atoms with Gasteiger partial charge in [0.25, 0.3) is 0 Å². The molecular weight excluding hydrogens is 380 g/mol. The van der Waals surface area contributed by atoms with Gasteiger partial charge in [-0.15, -0.1) is 0 Å². The first-order valence-corrected chi connectivity index (χ1v) is 8.53. The molecule has 0 aromatic carbocycles. The van der Waals surface area contributed by atoms with Crippen molar-refractivity contribution in [1.29, 1.82) is 0 Å². The predicted molar refractivity (Wildman–Crippen MR) is 95.7 cm³/mol. The van der Waals surface area contributed by atoms with Crippen molar-refractivity contribution in [1.82, 2.24) is 9.36 Å². The first kappa shape index (κ1) is 22.3. The van der Waals surface area contributed by atoms with Crippen molar-refractivity contribution in [3.63, 3.8) is 0 Å². The quantitative estimate of drug-likeness (QED) is 0.414. The third kappa shape index (κ3) is 8.94. The molecule has 1 rings (SSSR count). The number of nitrogens with zero attached hydrogens (tertiary/aromatic N) is 3. The second kappa shape index (κ2) is 8.75. The lowest BCUT2D eigenvalue weighted by Gasteiger charge is -2.18. The first-order chi connectivity index (χ1) is 12.3. The van der Waals surface area contributed by atoms with Crippen LogP contribution < -0.4 is 5.32 Å². The number of hydrogen-bond donors (Lipinski definition) is 2. The Morgan fingerprint density at radius 1 is 1.11 bits per heavy atom. The molecule has 0 bridgehead atoms. The minimum absolute atomic E-state index is 0.0142. The van der Waals surface area contributed by atoms with Gasteiger partial charge in [0.05, 0.1) is 0 Å². The number of amides is 1. The monoisotopic (exact) mass is 402 g/mol. The zero-order valence-corrected chi connectivity index (χ0v) is 16.7. The van der Waals surface area contributed by atoms with Crippen molar-refractivity contribution in [2.45, 2.75) is 52.7 Å². The molecule has 12 heteroatoms. The number of hydrogen-bond acceptors (Lipinski definition) is 10. The lowest BCUT2D eigenvalue weighted by atomic mass is 10.2. The molecule has 11 nitrogen and oxygen atoms in total. The van der Waals surface area contributed by atoms with Crippen LogP contribution in [0.3, 0.4) is 0 Å². The van der Waals surface area contributed by atoms with E-state index in [2.05, 4.69) is 19.8 Å². The van der Waals surface area contributed by atoms with Crippen molar-refractivity contribution in [3.8, 4) is 0 Å². The van der Waals surface area contributed by atoms with Crippen molar-refractivity contribution in [2.24, 2.45) is 5.16 Å². The van der Waals surface area contributed by atoms with Gasteiger partial charge in [0.2, 0.25) is 23.3 Å². The molecule has 150 valence electrons. The largest absolute Gasteiger partial charge is 0.476 e. The highest BCUT2D eigenvalue weighted by atomic mass is 32.1. The van der Waals surface area contributed by atoms with E-state index >= 15 is 0 Å². The summed E-state index contributed by atoms with van der Waals surface area (Å²) in [4.78, 5) is 43.1. The number of nitrogens with one attached hydrogen (secondary N) is 1. The molecule has 0 radical (unpaired) electrons. The highest BCUT2D eigenvalue weighted by Crippen LogP contribution is 2.15. The SMILES string of the molecule is CC(C)(C)OC(=O)CO/N=C(/C(=O)O)c1nsc(NC(=O)OC(C)(C)C)n1. The lowest BCUT2D eigenvalue weighted by molar-refractivity contribution is -0.160. The van der Waals surface area contributed by atoms with E-state index in [0.717, 1.165) is 11.5 Å². The molecule has 1 amide bonds. The summed E-state index contributed by atoms with van der Waals surface area (Å²) in [6.07, 6.45) is -0.764. The second-order valence-electron chi connectivity index (χ2n) is 7.15. The van der Waals surface area contributed by atoms with E-state index < -0.39 is 41.6 Å². The van der Waals surface area contributed by atoms with Crippen LogP contribution in [0.25, 0.3) is 0 Å². The van der Waals surface area contributed by atoms with Crippen LogP contribution in [0.4, 0.5) is 9.93 Å². The number of rotatable bonds is 6. The van der Waals surface area contributed by atoms with Crippen LogP contribution in [-0.2, 0) is 23.9 Å². The van der Waals surface area contributed by atoms with Crippen LogP contribution >= 0.6 is 11.5 Å². The molecule has 0 unspecified atom stereocenters. The molecule has 1 aromatic heterocycles. The van der Waals surface area contributed by atoms with Gasteiger partial charge in [0, 0.05) is 11.5 Å². The third-order valence-electron chi connectivity index (χ3n) is 2.21. The van der Waals surface area contributed by atoms with Crippen LogP contribution in [0.1, 0.15) is 47.4 Å². The van der Waals surface area contributed by atoms with Gasteiger partial charge in [-0.2, -0.15) is 9.36 Å². The maximum Gasteiger partial charge on any atom is 0.414 e. The summed E-state index contributed by atoms with van der Waals surface area (Å²) in [6, 6.07) is 0. The number of anilines is 1. The van der Waals surface area contributed by atoms with Crippen LogP contribution in [0.5, 0.6) is 0 Å². The summed E-state index contributed by atoms with van der Waals surface area (Å²) in [5, 5.41) is 14.9. The Bertz CT molecular complexity index is 731. The first-order valence-electron chi connectivity index (χ1n) is 7.76. The van der Waals surface area contributed by atoms with E-state index in [0.29, 0.717) is 0 Å². The van der Waals surface area contributed by atoms with Crippen LogP contribution in [0, 0.1) is 0 Å². The Hall–Kier alpha value is -2.76. The summed E-state index contributed by atoms with van der Waals surface area (Å²) in [7, 11) is 0. The highest BCUT2D eigenvalue weighted by molar-refractivity contribution is 7.10. The minimum atomic E-state index is -1.47. The van der Waals surface area contributed by atoms with Crippen molar-refractivity contribution < 1.29 is 33.8 Å².